The molecule has 0 fully saturated rings. The molecule has 0 amide bonds. The third kappa shape index (κ3) is 2.29. The van der Waals surface area contributed by atoms with Crippen LogP contribution in [0.15, 0.2) is 54.9 Å². The van der Waals surface area contributed by atoms with E-state index in [1.165, 1.54) is 0 Å². The molecule has 0 saturated carbocycles. The summed E-state index contributed by atoms with van der Waals surface area (Å²) in [6, 6.07) is 16.9. The Morgan fingerprint density at radius 3 is 2.10 bits per heavy atom. The molecule has 5 heteroatoms. The van der Waals surface area contributed by atoms with Crippen LogP contribution in [0.4, 0.5) is 0 Å². The minimum Gasteiger partial charge on any atom is -0.237 e. The predicted molar refractivity (Wildman–Crippen MR) is 75.0 cm³/mol. The van der Waals surface area contributed by atoms with Gasteiger partial charge in [0.25, 0.3) is 0 Å². The summed E-state index contributed by atoms with van der Waals surface area (Å²) in [7, 11) is 0. The standard InChI is InChI=1S/C16H10N5/c17-10-12(11-18)15-16(21-8-4-1-5-9-21)20-14-7-3-2-6-13(14)19-15/h1-9,12H/q+1. The van der Waals surface area contributed by atoms with E-state index in [4.69, 9.17) is 0 Å². The second-order valence-corrected chi connectivity index (χ2v) is 4.40. The van der Waals surface area contributed by atoms with E-state index in [1.807, 2.05) is 67.0 Å². The molecule has 0 aliphatic carbocycles. The Labute approximate surface area is 121 Å². The fourth-order valence-corrected chi connectivity index (χ4v) is 2.08. The predicted octanol–water partition coefficient (Wildman–Crippen LogP) is 2.04. The van der Waals surface area contributed by atoms with Crippen LogP contribution >= 0.6 is 0 Å². The zero-order valence-corrected chi connectivity index (χ0v) is 11.0. The number of nitriles is 2. The smallest absolute Gasteiger partial charge is 0.237 e. The fraction of sp³-hybridized carbons (Fsp3) is 0.0625. The molecule has 0 unspecified atom stereocenters. The molecule has 1 aromatic carbocycles. The van der Waals surface area contributed by atoms with Crippen molar-refractivity contribution < 1.29 is 4.57 Å². The van der Waals surface area contributed by atoms with Crippen LogP contribution in [0.1, 0.15) is 11.6 Å². The fourth-order valence-electron chi connectivity index (χ4n) is 2.08. The van der Waals surface area contributed by atoms with E-state index in [-0.39, 0.29) is 0 Å². The molecule has 2 heterocycles. The van der Waals surface area contributed by atoms with E-state index in [9.17, 15) is 10.5 Å². The van der Waals surface area contributed by atoms with Crippen LogP contribution in [0.5, 0.6) is 0 Å². The summed E-state index contributed by atoms with van der Waals surface area (Å²) in [6.07, 6.45) is 3.63. The molecule has 3 rings (SSSR count). The molecule has 0 saturated heterocycles. The molecule has 3 aromatic rings. The number of rotatable bonds is 2. The monoisotopic (exact) mass is 272 g/mol. The maximum absolute atomic E-state index is 9.17. The highest BCUT2D eigenvalue weighted by atomic mass is 15.1. The van der Waals surface area contributed by atoms with Gasteiger partial charge < -0.3 is 0 Å². The SMILES string of the molecule is N#CC(C#N)c1nc2ccccc2nc1-[n+]1ccccc1. The first-order valence-electron chi connectivity index (χ1n) is 6.36. The molecule has 21 heavy (non-hydrogen) atoms. The van der Waals surface area contributed by atoms with Gasteiger partial charge in [0.15, 0.2) is 11.6 Å². The van der Waals surface area contributed by atoms with Crippen molar-refractivity contribution in [2.24, 2.45) is 0 Å². The van der Waals surface area contributed by atoms with Crippen molar-refractivity contribution in [1.82, 2.24) is 9.97 Å². The molecule has 5 nitrogen and oxygen atoms in total. The van der Waals surface area contributed by atoms with Crippen molar-refractivity contribution in [3.8, 4) is 18.0 Å². The number of benzene rings is 1. The highest BCUT2D eigenvalue weighted by molar-refractivity contribution is 5.75. The molecule has 0 spiro atoms. The Balaban J connectivity index is 2.33. The Morgan fingerprint density at radius 2 is 1.48 bits per heavy atom. The van der Waals surface area contributed by atoms with E-state index in [1.54, 1.807) is 4.57 Å². The van der Waals surface area contributed by atoms with Crippen molar-refractivity contribution >= 4 is 11.0 Å². The highest BCUT2D eigenvalue weighted by Gasteiger charge is 2.26. The lowest BCUT2D eigenvalue weighted by molar-refractivity contribution is -0.600. The van der Waals surface area contributed by atoms with Gasteiger partial charge in [0.1, 0.15) is 5.52 Å². The van der Waals surface area contributed by atoms with Crippen LogP contribution in [-0.2, 0) is 0 Å². The van der Waals surface area contributed by atoms with Crippen LogP contribution < -0.4 is 4.57 Å². The van der Waals surface area contributed by atoms with Gasteiger partial charge in [-0.25, -0.2) is 9.55 Å². The number of fused-ring (bicyclic) bond motifs is 1. The second-order valence-electron chi connectivity index (χ2n) is 4.40. The van der Waals surface area contributed by atoms with Crippen LogP contribution in [0, 0.1) is 22.7 Å². The van der Waals surface area contributed by atoms with Crippen LogP contribution in [0.3, 0.4) is 0 Å². The van der Waals surface area contributed by atoms with Gasteiger partial charge in [-0.15, -0.1) is 0 Å². The van der Waals surface area contributed by atoms with Gasteiger partial charge in [-0.2, -0.15) is 10.5 Å². The number of pyridine rings is 1. The number of nitrogens with zero attached hydrogens (tertiary/aromatic N) is 5. The number of hydrogen-bond donors (Lipinski definition) is 0. The van der Waals surface area contributed by atoms with Gasteiger partial charge in [0.2, 0.25) is 5.52 Å². The molecule has 0 aliphatic rings. The third-order valence-corrected chi connectivity index (χ3v) is 3.07. The molecule has 0 bridgehead atoms. The Hall–Kier alpha value is -3.31. The van der Waals surface area contributed by atoms with E-state index in [2.05, 4.69) is 9.97 Å². The average Bonchev–Trinajstić information content (AvgIpc) is 2.56. The van der Waals surface area contributed by atoms with Crippen LogP contribution in [0.2, 0.25) is 0 Å². The van der Waals surface area contributed by atoms with Crippen molar-refractivity contribution in [3.05, 3.63) is 60.6 Å². The zero-order valence-electron chi connectivity index (χ0n) is 11.0. The minimum absolute atomic E-state index is 0.370. The van der Waals surface area contributed by atoms with Gasteiger partial charge in [-0.1, -0.05) is 18.2 Å². The average molecular weight is 272 g/mol. The van der Waals surface area contributed by atoms with Gasteiger partial charge in [0, 0.05) is 0 Å². The molecule has 0 radical (unpaired) electrons. The van der Waals surface area contributed by atoms with Gasteiger partial charge >= 0.3 is 5.82 Å². The van der Waals surface area contributed by atoms with Crippen molar-refractivity contribution in [2.45, 2.75) is 5.92 Å². The minimum atomic E-state index is -0.954. The summed E-state index contributed by atoms with van der Waals surface area (Å²) in [6.45, 7) is 0. The molecule has 98 valence electrons. The molecule has 0 N–H and O–H groups in total. The topological polar surface area (TPSA) is 77.2 Å². The van der Waals surface area contributed by atoms with E-state index in [0.29, 0.717) is 17.0 Å². The van der Waals surface area contributed by atoms with E-state index < -0.39 is 5.92 Å². The number of para-hydroxylation sites is 2. The summed E-state index contributed by atoms with van der Waals surface area (Å²) < 4.78 is 1.76. The summed E-state index contributed by atoms with van der Waals surface area (Å²) in [5.41, 5.74) is 1.76. The lowest BCUT2D eigenvalue weighted by Crippen LogP contribution is -2.33. The lowest BCUT2D eigenvalue weighted by atomic mass is 10.1. The summed E-state index contributed by atoms with van der Waals surface area (Å²) in [5.74, 6) is -0.452. The Bertz CT molecular complexity index is 861. The van der Waals surface area contributed by atoms with Gasteiger partial charge in [-0.05, 0) is 29.2 Å². The normalized spacial score (nSPS) is 10.2. The van der Waals surface area contributed by atoms with Crippen LogP contribution in [0.25, 0.3) is 16.9 Å². The van der Waals surface area contributed by atoms with Crippen molar-refractivity contribution in [3.63, 3.8) is 0 Å². The quantitative estimate of drug-likeness (QED) is 0.669. The number of aromatic nitrogens is 3. The molecule has 0 atom stereocenters. The first-order valence-corrected chi connectivity index (χ1v) is 6.36. The Kier molecular flexibility index (Phi) is 3.24. The van der Waals surface area contributed by atoms with E-state index >= 15 is 0 Å². The highest BCUT2D eigenvalue weighted by Crippen LogP contribution is 2.19. The van der Waals surface area contributed by atoms with Gasteiger partial charge in [0.05, 0.1) is 24.5 Å². The maximum atomic E-state index is 9.17. The lowest BCUT2D eigenvalue weighted by Gasteiger charge is -2.04. The zero-order chi connectivity index (χ0) is 14.7. The Morgan fingerprint density at radius 1 is 0.857 bits per heavy atom. The molecular formula is C16H10N5+. The summed E-state index contributed by atoms with van der Waals surface area (Å²) in [4.78, 5) is 9.03. The molecule has 2 aromatic heterocycles. The third-order valence-electron chi connectivity index (χ3n) is 3.07. The van der Waals surface area contributed by atoms with Crippen molar-refractivity contribution in [1.29, 1.82) is 10.5 Å². The number of hydrogen-bond acceptors (Lipinski definition) is 4. The maximum Gasteiger partial charge on any atom is 0.352 e. The van der Waals surface area contributed by atoms with Gasteiger partial charge in [-0.3, -0.25) is 0 Å². The molecular weight excluding hydrogens is 262 g/mol. The molecule has 0 aliphatic heterocycles. The first-order chi connectivity index (χ1) is 10.3. The van der Waals surface area contributed by atoms with E-state index in [0.717, 1.165) is 5.52 Å². The summed E-state index contributed by atoms with van der Waals surface area (Å²) >= 11 is 0. The first kappa shape index (κ1) is 12.7. The van der Waals surface area contributed by atoms with Crippen LogP contribution in [-0.4, -0.2) is 9.97 Å². The second kappa shape index (κ2) is 5.36. The summed E-state index contributed by atoms with van der Waals surface area (Å²) in [5, 5.41) is 18.3. The largest absolute Gasteiger partial charge is 0.352 e. The van der Waals surface area contributed by atoms with Crippen molar-refractivity contribution in [2.75, 3.05) is 0 Å².